The van der Waals surface area contributed by atoms with E-state index in [2.05, 4.69) is 0 Å². The van der Waals surface area contributed by atoms with Crippen LogP contribution in [-0.4, -0.2) is 50.1 Å². The zero-order valence-corrected chi connectivity index (χ0v) is 12.2. The third-order valence-electron chi connectivity index (χ3n) is 2.58. The minimum absolute atomic E-state index is 0.515. The van der Waals surface area contributed by atoms with Crippen molar-refractivity contribution in [2.75, 3.05) is 6.54 Å². The predicted octanol–water partition coefficient (Wildman–Crippen LogP) is 3.62. The Balaban J connectivity index is 6.50. The van der Waals surface area contributed by atoms with Gasteiger partial charge in [-0.1, -0.05) is 6.92 Å². The molecule has 0 radical (unpaired) electrons. The third kappa shape index (κ3) is 3.12. The first kappa shape index (κ1) is 24.0. The Bertz CT molecular complexity index is 594. The summed E-state index contributed by atoms with van der Waals surface area (Å²) in [4.78, 5) is 0. The fourth-order valence-electron chi connectivity index (χ4n) is 1.20. The van der Waals surface area contributed by atoms with E-state index in [1.165, 1.54) is 0 Å². The van der Waals surface area contributed by atoms with Gasteiger partial charge in [-0.15, -0.1) is 0 Å². The predicted molar refractivity (Wildman–Crippen MR) is 53.4 cm³/mol. The Morgan fingerprint density at radius 1 is 0.640 bits per heavy atom. The fraction of sp³-hybridized carbons (Fsp3) is 1.00. The van der Waals surface area contributed by atoms with Gasteiger partial charge in [0.15, 0.2) is 0 Å². The van der Waals surface area contributed by atoms with E-state index in [1.807, 2.05) is 0 Å². The van der Waals surface area contributed by atoms with Gasteiger partial charge in [0.05, 0.1) is 0 Å². The summed E-state index contributed by atoms with van der Waals surface area (Å²) in [5.74, 6) is -32.0. The summed E-state index contributed by atoms with van der Waals surface area (Å²) in [6.45, 7) is -0.509. The van der Waals surface area contributed by atoms with Crippen molar-refractivity contribution in [3.05, 3.63) is 0 Å². The summed E-state index contributed by atoms with van der Waals surface area (Å²) < 4.78 is 187. The van der Waals surface area contributed by atoms with Crippen LogP contribution in [0, 0.1) is 0 Å². The van der Waals surface area contributed by atoms with Crippen LogP contribution in [0.5, 0.6) is 0 Å². The van der Waals surface area contributed by atoms with Gasteiger partial charge in [-0.2, -0.15) is 57.1 Å². The first-order chi connectivity index (χ1) is 10.6. The minimum atomic E-state index is -8.13. The number of nitrogens with one attached hydrogen (secondary N) is 1. The Labute approximate surface area is 130 Å². The molecule has 3 nitrogen and oxygen atoms in total. The first-order valence-electron chi connectivity index (χ1n) is 5.51. The van der Waals surface area contributed by atoms with E-state index in [9.17, 15) is 65.5 Å². The maximum atomic E-state index is 13.1. The highest BCUT2D eigenvalue weighted by atomic mass is 32.2. The van der Waals surface area contributed by atoms with Crippen molar-refractivity contribution in [3.63, 3.8) is 0 Å². The number of alkyl halides is 13. The van der Waals surface area contributed by atoms with Crippen LogP contribution in [0.2, 0.25) is 0 Å². The molecule has 0 aliphatic carbocycles. The fourth-order valence-corrected chi connectivity index (χ4v) is 2.23. The zero-order chi connectivity index (χ0) is 20.9. The summed E-state index contributed by atoms with van der Waals surface area (Å²) in [5, 5.41) is -7.18. The minimum Gasteiger partial charge on any atom is -0.210 e. The van der Waals surface area contributed by atoms with Crippen LogP contribution in [0.1, 0.15) is 6.92 Å². The number of rotatable bonds is 7. The number of sulfonamides is 1. The molecule has 17 heteroatoms. The van der Waals surface area contributed by atoms with Gasteiger partial charge in [0.2, 0.25) is 0 Å². The first-order valence-corrected chi connectivity index (χ1v) is 6.99. The van der Waals surface area contributed by atoms with Gasteiger partial charge in [-0.05, 0) is 0 Å². The molecule has 0 aromatic rings. The monoisotopic (exact) mass is 427 g/mol. The van der Waals surface area contributed by atoms with Crippen molar-refractivity contribution >= 4 is 10.0 Å². The maximum Gasteiger partial charge on any atom is 0.460 e. The molecular weight excluding hydrogens is 421 g/mol. The number of halogens is 13. The quantitative estimate of drug-likeness (QED) is 0.632. The largest absolute Gasteiger partial charge is 0.460 e. The second kappa shape index (κ2) is 6.02. The summed E-state index contributed by atoms with van der Waals surface area (Å²) in [6.07, 6.45) is -7.55. The van der Waals surface area contributed by atoms with Crippen LogP contribution in [0.3, 0.4) is 0 Å². The molecule has 0 bridgehead atoms. The van der Waals surface area contributed by atoms with Crippen LogP contribution >= 0.6 is 0 Å². The van der Waals surface area contributed by atoms with Crippen LogP contribution in [0.25, 0.3) is 0 Å². The van der Waals surface area contributed by atoms with E-state index in [0.717, 1.165) is 0 Å². The topological polar surface area (TPSA) is 46.2 Å². The Morgan fingerprint density at radius 3 is 1.24 bits per heavy atom. The summed E-state index contributed by atoms with van der Waals surface area (Å²) >= 11 is 0. The Kier molecular flexibility index (Phi) is 5.78. The zero-order valence-electron chi connectivity index (χ0n) is 11.3. The average Bonchev–Trinajstić information content (AvgIpc) is 2.35. The Hall–Kier alpha value is -1.00. The molecule has 0 rings (SSSR count). The highest BCUT2D eigenvalue weighted by Crippen LogP contribution is 2.60. The molecule has 0 aliphatic heterocycles. The van der Waals surface area contributed by atoms with E-state index in [1.54, 1.807) is 0 Å². The maximum absolute atomic E-state index is 13.1. The molecule has 0 heterocycles. The van der Waals surface area contributed by atoms with E-state index >= 15 is 0 Å². The van der Waals surface area contributed by atoms with E-state index < -0.39 is 51.7 Å². The lowest BCUT2D eigenvalue weighted by Crippen LogP contribution is -2.71. The van der Waals surface area contributed by atoms with Gasteiger partial charge in [0.1, 0.15) is 0 Å². The van der Waals surface area contributed by atoms with Crippen LogP contribution in [-0.2, 0) is 10.0 Å². The molecule has 0 aromatic heterocycles. The number of hydrogen-bond donors (Lipinski definition) is 1. The molecular formula is C8H6F13NO2S. The van der Waals surface area contributed by atoms with Gasteiger partial charge in [0.25, 0.3) is 10.0 Å². The number of hydrogen-bond acceptors (Lipinski definition) is 2. The second-order valence-electron chi connectivity index (χ2n) is 4.31. The van der Waals surface area contributed by atoms with Crippen molar-refractivity contribution in [2.45, 2.75) is 42.0 Å². The average molecular weight is 427 g/mol. The van der Waals surface area contributed by atoms with Crippen molar-refractivity contribution < 1.29 is 65.5 Å². The molecule has 1 N–H and O–H groups in total. The third-order valence-corrected chi connectivity index (χ3v) is 4.18. The van der Waals surface area contributed by atoms with E-state index in [4.69, 9.17) is 0 Å². The van der Waals surface area contributed by atoms with Crippen molar-refractivity contribution in [2.24, 2.45) is 0 Å². The standard InChI is InChI=1S/C8H6F13NO2S/c1-2-22-25(23,24)8(20,21)6(15,16)4(11,12)3(9,10)5(13,14)7(17,18)19/h22H,2H2,1H3. The summed E-state index contributed by atoms with van der Waals surface area (Å²) in [6, 6.07) is 0. The molecule has 25 heavy (non-hydrogen) atoms. The lowest BCUT2D eigenvalue weighted by molar-refractivity contribution is -0.433. The molecule has 0 fully saturated rings. The summed E-state index contributed by atoms with van der Waals surface area (Å²) in [5.41, 5.74) is 0. The van der Waals surface area contributed by atoms with Gasteiger partial charge >= 0.3 is 35.1 Å². The van der Waals surface area contributed by atoms with Gasteiger partial charge in [-0.25, -0.2) is 13.1 Å². The van der Waals surface area contributed by atoms with Crippen LogP contribution in [0.15, 0.2) is 0 Å². The van der Waals surface area contributed by atoms with Crippen molar-refractivity contribution in [1.29, 1.82) is 0 Å². The van der Waals surface area contributed by atoms with Crippen LogP contribution in [0.4, 0.5) is 57.1 Å². The highest BCUT2D eigenvalue weighted by Gasteiger charge is 2.92. The molecule has 0 aliphatic rings. The van der Waals surface area contributed by atoms with E-state index in [0.29, 0.717) is 11.6 Å². The van der Waals surface area contributed by atoms with Crippen molar-refractivity contribution in [3.8, 4) is 0 Å². The molecule has 0 amide bonds. The smallest absolute Gasteiger partial charge is 0.210 e. The van der Waals surface area contributed by atoms with Gasteiger partial charge in [0, 0.05) is 6.54 Å². The highest BCUT2D eigenvalue weighted by molar-refractivity contribution is 7.90. The normalized spacial score (nSPS) is 16.2. The van der Waals surface area contributed by atoms with Crippen molar-refractivity contribution in [1.82, 2.24) is 4.72 Å². The van der Waals surface area contributed by atoms with Crippen LogP contribution < -0.4 is 4.72 Å². The lowest BCUT2D eigenvalue weighted by atomic mass is 9.98. The SMILES string of the molecule is CCNS(=O)(=O)C(F)(F)C(F)(F)C(F)(F)C(F)(F)C(F)(F)C(F)(F)F. The molecule has 152 valence electrons. The molecule has 0 unspecified atom stereocenters. The second-order valence-corrected chi connectivity index (χ2v) is 6.12. The summed E-state index contributed by atoms with van der Waals surface area (Å²) in [7, 11) is -6.86. The molecule has 0 spiro atoms. The van der Waals surface area contributed by atoms with Gasteiger partial charge in [-0.3, -0.25) is 0 Å². The Morgan fingerprint density at radius 2 is 0.960 bits per heavy atom. The van der Waals surface area contributed by atoms with Gasteiger partial charge < -0.3 is 0 Å². The molecule has 0 saturated heterocycles. The molecule has 0 atom stereocenters. The molecule has 0 saturated carbocycles. The lowest BCUT2D eigenvalue weighted by Gasteiger charge is -2.39. The van der Waals surface area contributed by atoms with E-state index in [-0.39, 0.29) is 0 Å². The molecule has 0 aromatic carbocycles.